The molecule has 4 rings (SSSR count). The van der Waals surface area contributed by atoms with E-state index in [9.17, 15) is 12.8 Å². The van der Waals surface area contributed by atoms with E-state index in [0.717, 1.165) is 18.4 Å². The number of hydrogen-bond acceptors (Lipinski definition) is 4. The topological polar surface area (TPSA) is 73.2 Å². The highest BCUT2D eigenvalue weighted by Gasteiger charge is 2.31. The highest BCUT2D eigenvalue weighted by atomic mass is 32.2. The molecule has 1 aliphatic heterocycles. The van der Waals surface area contributed by atoms with Gasteiger partial charge in [-0.1, -0.05) is 37.3 Å². The molecule has 31 heavy (non-hydrogen) atoms. The van der Waals surface area contributed by atoms with Crippen LogP contribution in [0.3, 0.4) is 0 Å². The van der Waals surface area contributed by atoms with Crippen LogP contribution >= 0.6 is 0 Å². The first-order valence-corrected chi connectivity index (χ1v) is 11.8. The molecule has 2 atom stereocenters. The largest absolute Gasteiger partial charge is 0.493 e. The van der Waals surface area contributed by atoms with Crippen molar-refractivity contribution >= 4 is 10.0 Å². The van der Waals surface area contributed by atoms with E-state index in [2.05, 4.69) is 28.8 Å². The molecule has 0 bridgehead atoms. The Labute approximate surface area is 182 Å². The number of sulfonamides is 1. The molecular weight excluding hydrogens is 417 g/mol. The predicted molar refractivity (Wildman–Crippen MR) is 116 cm³/mol. The summed E-state index contributed by atoms with van der Waals surface area (Å²) in [6.45, 7) is 2.52. The van der Waals surface area contributed by atoms with Crippen molar-refractivity contribution in [2.75, 3.05) is 6.61 Å². The van der Waals surface area contributed by atoms with E-state index in [4.69, 9.17) is 4.74 Å². The van der Waals surface area contributed by atoms with Crippen molar-refractivity contribution in [3.8, 4) is 5.75 Å². The van der Waals surface area contributed by atoms with Gasteiger partial charge in [-0.25, -0.2) is 22.5 Å². The Morgan fingerprint density at radius 2 is 2.03 bits per heavy atom. The van der Waals surface area contributed by atoms with Crippen molar-refractivity contribution in [3.63, 3.8) is 0 Å². The summed E-state index contributed by atoms with van der Waals surface area (Å²) >= 11 is 0. The molecule has 1 aromatic heterocycles. The molecule has 164 valence electrons. The van der Waals surface area contributed by atoms with E-state index in [0.29, 0.717) is 18.3 Å². The van der Waals surface area contributed by atoms with Crippen LogP contribution < -0.4 is 9.46 Å². The lowest BCUT2D eigenvalue weighted by atomic mass is 9.78. The van der Waals surface area contributed by atoms with E-state index in [-0.39, 0.29) is 23.1 Å². The summed E-state index contributed by atoms with van der Waals surface area (Å²) in [6.07, 6.45) is 4.57. The molecule has 0 aliphatic carbocycles. The number of nitrogens with zero attached hydrogens (tertiary/aromatic N) is 2. The standard InChI is InChI=1S/C23H26FN3O3S/c1-3-17-14-30-22-11-21(24)18(12-26-31(28,29)23-13-27(2)15-25-23)10-20(22)19(17)9-16-7-5-4-6-8-16/h4-8,10-11,13,15,17,19,26H,3,9,12,14H2,1-2H3. The third kappa shape index (κ3) is 4.65. The van der Waals surface area contributed by atoms with Crippen molar-refractivity contribution in [1.29, 1.82) is 0 Å². The van der Waals surface area contributed by atoms with Gasteiger partial charge in [0, 0.05) is 37.3 Å². The van der Waals surface area contributed by atoms with Gasteiger partial charge in [-0.15, -0.1) is 0 Å². The second kappa shape index (κ2) is 8.80. The molecule has 1 N–H and O–H groups in total. The summed E-state index contributed by atoms with van der Waals surface area (Å²) in [5, 5.41) is -0.0929. The van der Waals surface area contributed by atoms with E-state index in [1.54, 1.807) is 17.7 Å². The summed E-state index contributed by atoms with van der Waals surface area (Å²) in [4.78, 5) is 3.87. The van der Waals surface area contributed by atoms with E-state index < -0.39 is 15.8 Å². The van der Waals surface area contributed by atoms with Crippen LogP contribution in [0.1, 0.15) is 36.0 Å². The Hall–Kier alpha value is -2.71. The van der Waals surface area contributed by atoms with Gasteiger partial charge in [0.1, 0.15) is 11.6 Å². The van der Waals surface area contributed by atoms with Crippen molar-refractivity contribution < 1.29 is 17.5 Å². The zero-order chi connectivity index (χ0) is 22.0. The Balaban J connectivity index is 1.62. The van der Waals surface area contributed by atoms with Gasteiger partial charge in [-0.05, 0) is 36.0 Å². The fourth-order valence-electron chi connectivity index (χ4n) is 4.06. The number of benzene rings is 2. The Bertz CT molecular complexity index is 1160. The Morgan fingerprint density at radius 1 is 1.26 bits per heavy atom. The Morgan fingerprint density at radius 3 is 2.71 bits per heavy atom. The molecule has 0 saturated heterocycles. The number of rotatable bonds is 7. The van der Waals surface area contributed by atoms with Gasteiger partial charge >= 0.3 is 0 Å². The van der Waals surface area contributed by atoms with Crippen LogP contribution in [0.5, 0.6) is 5.75 Å². The van der Waals surface area contributed by atoms with Crippen molar-refractivity contribution in [3.05, 3.63) is 77.5 Å². The van der Waals surface area contributed by atoms with Gasteiger partial charge in [-0.3, -0.25) is 0 Å². The lowest BCUT2D eigenvalue weighted by molar-refractivity contribution is 0.187. The molecule has 8 heteroatoms. The molecule has 2 heterocycles. The minimum Gasteiger partial charge on any atom is -0.493 e. The second-order valence-corrected chi connectivity index (χ2v) is 9.67. The van der Waals surface area contributed by atoms with Crippen LogP contribution in [0.15, 0.2) is 60.0 Å². The third-order valence-corrected chi connectivity index (χ3v) is 7.12. The number of hydrogen-bond donors (Lipinski definition) is 1. The molecular formula is C23H26FN3O3S. The van der Waals surface area contributed by atoms with Gasteiger partial charge < -0.3 is 9.30 Å². The maximum Gasteiger partial charge on any atom is 0.259 e. The van der Waals surface area contributed by atoms with E-state index in [1.807, 2.05) is 18.2 Å². The summed E-state index contributed by atoms with van der Waals surface area (Å²) in [6, 6.07) is 13.3. The molecule has 2 unspecified atom stereocenters. The zero-order valence-electron chi connectivity index (χ0n) is 17.6. The first-order valence-electron chi connectivity index (χ1n) is 10.3. The average molecular weight is 444 g/mol. The van der Waals surface area contributed by atoms with Crippen LogP contribution in [-0.2, 0) is 30.0 Å². The number of aromatic nitrogens is 2. The zero-order valence-corrected chi connectivity index (χ0v) is 18.4. The molecule has 0 radical (unpaired) electrons. The number of fused-ring (bicyclic) bond motifs is 1. The van der Waals surface area contributed by atoms with Gasteiger partial charge in [0.25, 0.3) is 10.0 Å². The third-order valence-electron chi connectivity index (χ3n) is 5.83. The maximum atomic E-state index is 14.8. The summed E-state index contributed by atoms with van der Waals surface area (Å²) in [7, 11) is -2.15. The SMILES string of the molecule is CCC1COc2cc(F)c(CNS(=O)(=O)c3cn(C)cn3)cc2C1Cc1ccccc1. The first-order chi connectivity index (χ1) is 14.9. The average Bonchev–Trinajstić information content (AvgIpc) is 3.21. The molecule has 3 aromatic rings. The lowest BCUT2D eigenvalue weighted by Crippen LogP contribution is -2.28. The van der Waals surface area contributed by atoms with Crippen LogP contribution in [0, 0.1) is 11.7 Å². The Kier molecular flexibility index (Phi) is 6.11. The number of imidazole rings is 1. The van der Waals surface area contributed by atoms with Crippen LogP contribution in [0.25, 0.3) is 0 Å². The van der Waals surface area contributed by atoms with Gasteiger partial charge in [-0.2, -0.15) is 0 Å². The second-order valence-electron chi connectivity index (χ2n) is 7.96. The smallest absolute Gasteiger partial charge is 0.259 e. The minimum absolute atomic E-state index is 0.0929. The number of aryl methyl sites for hydroxylation is 1. The predicted octanol–water partition coefficient (Wildman–Crippen LogP) is 3.78. The fraction of sp³-hybridized carbons (Fsp3) is 0.348. The minimum atomic E-state index is -3.83. The number of nitrogens with one attached hydrogen (secondary N) is 1. The number of halogens is 1. The molecule has 0 fully saturated rings. The quantitative estimate of drug-likeness (QED) is 0.603. The van der Waals surface area contributed by atoms with Crippen LogP contribution in [0.2, 0.25) is 0 Å². The monoisotopic (exact) mass is 443 g/mol. The van der Waals surface area contributed by atoms with Crippen molar-refractivity contribution in [2.24, 2.45) is 13.0 Å². The normalized spacial score (nSPS) is 18.4. The fourth-order valence-corrected chi connectivity index (χ4v) is 5.04. The van der Waals surface area contributed by atoms with Crippen LogP contribution in [-0.4, -0.2) is 24.6 Å². The van der Waals surface area contributed by atoms with Crippen molar-refractivity contribution in [1.82, 2.24) is 14.3 Å². The summed E-state index contributed by atoms with van der Waals surface area (Å²) in [5.41, 5.74) is 2.42. The molecule has 0 saturated carbocycles. The van der Waals surface area contributed by atoms with Gasteiger partial charge in [0.15, 0.2) is 5.03 Å². The summed E-state index contributed by atoms with van der Waals surface area (Å²) < 4.78 is 49.6. The first kappa shape index (κ1) is 21.5. The van der Waals surface area contributed by atoms with Gasteiger partial charge in [0.2, 0.25) is 0 Å². The number of ether oxygens (including phenoxy) is 1. The molecule has 1 aliphatic rings. The molecule has 0 spiro atoms. The molecule has 0 amide bonds. The van der Waals surface area contributed by atoms with E-state index in [1.165, 1.54) is 24.2 Å². The summed E-state index contributed by atoms with van der Waals surface area (Å²) in [5.74, 6) is 0.523. The highest BCUT2D eigenvalue weighted by molar-refractivity contribution is 7.89. The van der Waals surface area contributed by atoms with Gasteiger partial charge in [0.05, 0.1) is 12.9 Å². The molecule has 2 aromatic carbocycles. The highest BCUT2D eigenvalue weighted by Crippen LogP contribution is 2.41. The van der Waals surface area contributed by atoms with E-state index >= 15 is 0 Å². The van der Waals surface area contributed by atoms with Crippen LogP contribution in [0.4, 0.5) is 4.39 Å². The molecule has 6 nitrogen and oxygen atoms in total. The maximum absolute atomic E-state index is 14.8. The lowest BCUT2D eigenvalue weighted by Gasteiger charge is -2.34. The van der Waals surface area contributed by atoms with Crippen molar-refractivity contribution in [2.45, 2.75) is 37.3 Å².